The molecule has 4 nitrogen and oxygen atoms in total. The summed E-state index contributed by atoms with van der Waals surface area (Å²) in [5.74, 6) is 0. The van der Waals surface area contributed by atoms with Crippen LogP contribution in [0.5, 0.6) is 0 Å². The van der Waals surface area contributed by atoms with E-state index >= 15 is 0 Å². The summed E-state index contributed by atoms with van der Waals surface area (Å²) >= 11 is 8.28. The van der Waals surface area contributed by atoms with E-state index in [1.165, 1.54) is 0 Å². The number of hydrogen-bond acceptors (Lipinski definition) is 3. The van der Waals surface area contributed by atoms with Gasteiger partial charge in [-0.2, -0.15) is 0 Å². The van der Waals surface area contributed by atoms with Gasteiger partial charge in [-0.25, -0.2) is 4.79 Å². The predicted octanol–water partition coefficient (Wildman–Crippen LogP) is 3.33. The Hall–Kier alpha value is -0.690. The Morgan fingerprint density at radius 2 is 2.11 bits per heavy atom. The lowest BCUT2D eigenvalue weighted by Crippen LogP contribution is -2.31. The van der Waals surface area contributed by atoms with Gasteiger partial charge in [0.2, 0.25) is 0 Å². The monoisotopic (exact) mass is 382 g/mol. The van der Waals surface area contributed by atoms with E-state index < -0.39 is 11.7 Å². The average molecular weight is 383 g/mol. The Kier molecular flexibility index (Phi) is 5.10. The van der Waals surface area contributed by atoms with E-state index in [1.807, 2.05) is 19.9 Å². The van der Waals surface area contributed by atoms with Crippen molar-refractivity contribution in [3.8, 4) is 0 Å². The van der Waals surface area contributed by atoms with Crippen LogP contribution in [-0.2, 0) is 11.2 Å². The number of carbonyl (C=O) groups excluding carboxylic acids is 1. The maximum atomic E-state index is 10.7. The maximum Gasteiger partial charge on any atom is 0.405 e. The highest BCUT2D eigenvalue weighted by atomic mass is 127. The molecule has 100 valence electrons. The highest BCUT2D eigenvalue weighted by molar-refractivity contribution is 14.1. The molecule has 1 aromatic rings. The van der Waals surface area contributed by atoms with Crippen LogP contribution in [0.4, 0.5) is 10.5 Å². The number of hydrogen-bond donors (Lipinski definition) is 2. The van der Waals surface area contributed by atoms with Crippen LogP contribution in [0.3, 0.4) is 0 Å². The van der Waals surface area contributed by atoms with Crippen LogP contribution in [0.25, 0.3) is 0 Å². The van der Waals surface area contributed by atoms with Gasteiger partial charge in [-0.3, -0.25) is 0 Å². The molecule has 0 fully saturated rings. The van der Waals surface area contributed by atoms with E-state index in [1.54, 1.807) is 6.07 Å². The number of rotatable bonds is 4. The van der Waals surface area contributed by atoms with Crippen LogP contribution in [0.2, 0.25) is 5.02 Å². The number of carbonyl (C=O) groups is 1. The SMILES string of the molecule is CC(C)(CCc1cc(I)c(N)cc1Cl)OC(N)=O. The van der Waals surface area contributed by atoms with Gasteiger partial charge in [0, 0.05) is 14.3 Å². The van der Waals surface area contributed by atoms with Gasteiger partial charge < -0.3 is 16.2 Å². The molecule has 0 unspecified atom stereocenters. The fraction of sp³-hybridized carbons (Fsp3) is 0.417. The molecule has 18 heavy (non-hydrogen) atoms. The van der Waals surface area contributed by atoms with Gasteiger partial charge in [0.05, 0.1) is 0 Å². The highest BCUT2D eigenvalue weighted by Gasteiger charge is 2.22. The van der Waals surface area contributed by atoms with Gasteiger partial charge >= 0.3 is 6.09 Å². The van der Waals surface area contributed by atoms with Crippen molar-refractivity contribution in [3.63, 3.8) is 0 Å². The normalized spacial score (nSPS) is 11.3. The molecule has 0 aliphatic rings. The van der Waals surface area contributed by atoms with Crippen molar-refractivity contribution in [2.75, 3.05) is 5.73 Å². The van der Waals surface area contributed by atoms with Crippen LogP contribution < -0.4 is 11.5 Å². The van der Waals surface area contributed by atoms with Gasteiger partial charge in [0.1, 0.15) is 5.60 Å². The van der Waals surface area contributed by atoms with E-state index in [0.717, 1.165) is 9.13 Å². The summed E-state index contributed by atoms with van der Waals surface area (Å²) in [7, 11) is 0. The Bertz CT molecular complexity index is 464. The van der Waals surface area contributed by atoms with Crippen molar-refractivity contribution in [1.82, 2.24) is 0 Å². The Morgan fingerprint density at radius 1 is 1.50 bits per heavy atom. The molecule has 0 aliphatic heterocycles. The highest BCUT2D eigenvalue weighted by Crippen LogP contribution is 2.27. The van der Waals surface area contributed by atoms with Crippen molar-refractivity contribution in [3.05, 3.63) is 26.3 Å². The molecule has 6 heteroatoms. The van der Waals surface area contributed by atoms with Gasteiger partial charge in [-0.15, -0.1) is 0 Å². The van der Waals surface area contributed by atoms with Crippen molar-refractivity contribution in [2.45, 2.75) is 32.3 Å². The van der Waals surface area contributed by atoms with Crippen molar-refractivity contribution < 1.29 is 9.53 Å². The third kappa shape index (κ3) is 4.53. The molecule has 0 radical (unpaired) electrons. The van der Waals surface area contributed by atoms with Crippen LogP contribution >= 0.6 is 34.2 Å². The molecule has 1 amide bonds. The summed E-state index contributed by atoms with van der Waals surface area (Å²) in [5, 5.41) is 0.628. The number of anilines is 1. The Morgan fingerprint density at radius 3 is 2.67 bits per heavy atom. The average Bonchev–Trinajstić information content (AvgIpc) is 2.19. The molecule has 0 saturated heterocycles. The Balaban J connectivity index is 2.74. The van der Waals surface area contributed by atoms with Gasteiger partial charge in [0.25, 0.3) is 0 Å². The van der Waals surface area contributed by atoms with Crippen LogP contribution in [-0.4, -0.2) is 11.7 Å². The number of ether oxygens (including phenoxy) is 1. The molecular weight excluding hydrogens is 367 g/mol. The second-order valence-electron chi connectivity index (χ2n) is 4.65. The number of nitrogens with two attached hydrogens (primary N) is 2. The minimum Gasteiger partial charge on any atom is -0.444 e. The summed E-state index contributed by atoms with van der Waals surface area (Å²) in [6, 6.07) is 3.68. The largest absolute Gasteiger partial charge is 0.444 e. The first-order valence-electron chi connectivity index (χ1n) is 5.43. The standard InChI is InChI=1S/C12H16ClIN2O2/c1-12(2,18-11(16)17)4-3-7-5-9(14)10(15)6-8(7)13/h5-6H,3-4,15H2,1-2H3,(H2,16,17). The first-order valence-corrected chi connectivity index (χ1v) is 6.89. The van der Waals surface area contributed by atoms with Crippen LogP contribution in [0.15, 0.2) is 12.1 Å². The minimum atomic E-state index is -0.766. The van der Waals surface area contributed by atoms with Crippen LogP contribution in [0.1, 0.15) is 25.8 Å². The second kappa shape index (κ2) is 5.97. The third-order valence-electron chi connectivity index (χ3n) is 2.54. The van der Waals surface area contributed by atoms with Crippen molar-refractivity contribution in [1.29, 1.82) is 0 Å². The van der Waals surface area contributed by atoms with Gasteiger partial charge in [-0.05, 0) is 67.0 Å². The smallest absolute Gasteiger partial charge is 0.405 e. The zero-order valence-electron chi connectivity index (χ0n) is 10.3. The zero-order chi connectivity index (χ0) is 13.9. The number of aryl methyl sites for hydroxylation is 1. The van der Waals surface area contributed by atoms with Crippen LogP contribution in [0, 0.1) is 3.57 Å². The lowest BCUT2D eigenvalue weighted by Gasteiger charge is -2.24. The summed E-state index contributed by atoms with van der Waals surface area (Å²) in [5.41, 5.74) is 11.8. The quantitative estimate of drug-likeness (QED) is 0.619. The fourth-order valence-corrected chi connectivity index (χ4v) is 2.35. The molecule has 4 N–H and O–H groups in total. The molecular formula is C12H16ClIN2O2. The topological polar surface area (TPSA) is 78.3 Å². The first kappa shape index (κ1) is 15.4. The lowest BCUT2D eigenvalue weighted by atomic mass is 9.98. The molecule has 0 atom stereocenters. The Labute approximate surface area is 125 Å². The van der Waals surface area contributed by atoms with Crippen molar-refractivity contribution >= 4 is 46.0 Å². The third-order valence-corrected chi connectivity index (χ3v) is 3.83. The number of nitrogen functional groups attached to an aromatic ring is 1. The molecule has 0 bridgehead atoms. The molecule has 0 aliphatic carbocycles. The number of amides is 1. The number of benzene rings is 1. The molecule has 0 spiro atoms. The van der Waals surface area contributed by atoms with E-state index in [-0.39, 0.29) is 0 Å². The van der Waals surface area contributed by atoms with E-state index in [0.29, 0.717) is 23.6 Å². The van der Waals surface area contributed by atoms with Crippen molar-refractivity contribution in [2.24, 2.45) is 5.73 Å². The van der Waals surface area contributed by atoms with Gasteiger partial charge in [0.15, 0.2) is 0 Å². The molecule has 1 aromatic carbocycles. The first-order chi connectivity index (χ1) is 8.21. The summed E-state index contributed by atoms with van der Waals surface area (Å²) < 4.78 is 5.98. The number of primary amides is 1. The lowest BCUT2D eigenvalue weighted by molar-refractivity contribution is 0.0394. The van der Waals surface area contributed by atoms with E-state index in [2.05, 4.69) is 22.6 Å². The summed E-state index contributed by atoms with van der Waals surface area (Å²) in [6.45, 7) is 3.63. The maximum absolute atomic E-state index is 10.7. The van der Waals surface area contributed by atoms with E-state index in [9.17, 15) is 4.79 Å². The zero-order valence-corrected chi connectivity index (χ0v) is 13.2. The summed E-state index contributed by atoms with van der Waals surface area (Å²) in [4.78, 5) is 10.7. The number of halogens is 2. The molecule has 0 saturated carbocycles. The van der Waals surface area contributed by atoms with Gasteiger partial charge in [-0.1, -0.05) is 11.6 Å². The minimum absolute atomic E-state index is 0.609. The molecule has 0 heterocycles. The van der Waals surface area contributed by atoms with E-state index in [4.69, 9.17) is 27.8 Å². The predicted molar refractivity (Wildman–Crippen MR) is 81.6 cm³/mol. The molecule has 0 aromatic heterocycles. The second-order valence-corrected chi connectivity index (χ2v) is 6.22. The molecule has 1 rings (SSSR count). The summed E-state index contributed by atoms with van der Waals surface area (Å²) in [6.07, 6.45) is 0.559. The fourth-order valence-electron chi connectivity index (χ4n) is 1.55.